The van der Waals surface area contributed by atoms with Gasteiger partial charge in [-0.2, -0.15) is 5.10 Å². The molecule has 0 saturated carbocycles. The van der Waals surface area contributed by atoms with E-state index in [-0.39, 0.29) is 18.1 Å². The number of piperazine rings is 1. The van der Waals surface area contributed by atoms with Gasteiger partial charge in [0, 0.05) is 32.6 Å². The maximum atomic E-state index is 13.2. The number of hydrogen-bond acceptors (Lipinski definition) is 5. The minimum atomic E-state index is -0.293. The van der Waals surface area contributed by atoms with Gasteiger partial charge in [-0.1, -0.05) is 37.3 Å². The lowest BCUT2D eigenvalue weighted by molar-refractivity contribution is -0.130. The highest BCUT2D eigenvalue weighted by Gasteiger charge is 2.25. The van der Waals surface area contributed by atoms with Crippen molar-refractivity contribution < 1.29 is 9.18 Å². The summed E-state index contributed by atoms with van der Waals surface area (Å²) in [6, 6.07) is 16.1. The van der Waals surface area contributed by atoms with E-state index >= 15 is 0 Å². The molecular formula is C26H27FN6O. The van der Waals surface area contributed by atoms with Crippen LogP contribution in [0.3, 0.4) is 0 Å². The Kier molecular flexibility index (Phi) is 6.20. The summed E-state index contributed by atoms with van der Waals surface area (Å²) in [4.78, 5) is 26.6. The topological polar surface area (TPSA) is 67.2 Å². The standard InChI is InChI=1S/C26H27FN6O/c1-2-6-23-29-25(22-18-28-33(26(22)30-23)21-7-4-3-5-8-21)32-15-13-31(14-16-32)24(34)17-19-9-11-20(27)12-10-19/h3-5,7-12,18H,2,6,13-17H2,1H3. The second-order valence-electron chi connectivity index (χ2n) is 8.51. The summed E-state index contributed by atoms with van der Waals surface area (Å²) in [6.07, 6.45) is 3.86. The van der Waals surface area contributed by atoms with Gasteiger partial charge >= 0.3 is 0 Å². The molecule has 0 atom stereocenters. The quantitative estimate of drug-likeness (QED) is 0.440. The van der Waals surface area contributed by atoms with Gasteiger partial charge in [-0.15, -0.1) is 0 Å². The SMILES string of the molecule is CCCc1nc(N2CCN(C(=O)Cc3ccc(F)cc3)CC2)c2cnn(-c3ccccc3)c2n1. The highest BCUT2D eigenvalue weighted by Crippen LogP contribution is 2.27. The number of benzene rings is 2. The third-order valence-corrected chi connectivity index (χ3v) is 6.13. The van der Waals surface area contributed by atoms with Crippen LogP contribution in [0.2, 0.25) is 0 Å². The summed E-state index contributed by atoms with van der Waals surface area (Å²) in [5.74, 6) is 1.44. The minimum absolute atomic E-state index is 0.0580. The van der Waals surface area contributed by atoms with E-state index < -0.39 is 0 Å². The van der Waals surface area contributed by atoms with Crippen LogP contribution in [-0.4, -0.2) is 56.7 Å². The van der Waals surface area contributed by atoms with Crippen LogP contribution in [-0.2, 0) is 17.6 Å². The van der Waals surface area contributed by atoms with E-state index in [4.69, 9.17) is 9.97 Å². The zero-order valence-corrected chi connectivity index (χ0v) is 19.2. The van der Waals surface area contributed by atoms with Gasteiger partial charge in [0.2, 0.25) is 5.91 Å². The predicted octanol–water partition coefficient (Wildman–Crippen LogP) is 3.80. The Balaban J connectivity index is 1.36. The molecule has 0 radical (unpaired) electrons. The molecule has 7 nitrogen and oxygen atoms in total. The number of amides is 1. The van der Waals surface area contributed by atoms with Crippen molar-refractivity contribution in [3.8, 4) is 5.69 Å². The number of rotatable bonds is 6. The van der Waals surface area contributed by atoms with Gasteiger partial charge in [-0.25, -0.2) is 19.0 Å². The molecule has 174 valence electrons. The van der Waals surface area contributed by atoms with Crippen molar-refractivity contribution in [3.63, 3.8) is 0 Å². The Morgan fingerprint density at radius 3 is 2.41 bits per heavy atom. The number of halogens is 1. The molecule has 5 rings (SSSR count). The molecule has 2 aromatic carbocycles. The lowest BCUT2D eigenvalue weighted by atomic mass is 10.1. The number of aromatic nitrogens is 4. The van der Waals surface area contributed by atoms with Gasteiger partial charge in [-0.3, -0.25) is 4.79 Å². The number of fused-ring (bicyclic) bond motifs is 1. The Labute approximate surface area is 197 Å². The fraction of sp³-hybridized carbons (Fsp3) is 0.308. The van der Waals surface area contributed by atoms with Gasteiger partial charge in [0.15, 0.2) is 5.65 Å². The van der Waals surface area contributed by atoms with E-state index in [1.165, 1.54) is 12.1 Å². The average Bonchev–Trinajstić information content (AvgIpc) is 3.30. The van der Waals surface area contributed by atoms with E-state index in [0.717, 1.165) is 46.8 Å². The highest BCUT2D eigenvalue weighted by atomic mass is 19.1. The summed E-state index contributed by atoms with van der Waals surface area (Å²) in [5.41, 5.74) is 2.58. The molecule has 1 aliphatic heterocycles. The molecule has 3 heterocycles. The minimum Gasteiger partial charge on any atom is -0.352 e. The number of carbonyl (C=O) groups is 1. The lowest BCUT2D eigenvalue weighted by Gasteiger charge is -2.35. The molecule has 1 saturated heterocycles. The van der Waals surface area contributed by atoms with Crippen LogP contribution in [0.15, 0.2) is 60.8 Å². The molecule has 34 heavy (non-hydrogen) atoms. The van der Waals surface area contributed by atoms with Crippen LogP contribution in [0.5, 0.6) is 0 Å². The fourth-order valence-corrected chi connectivity index (χ4v) is 4.33. The van der Waals surface area contributed by atoms with Crippen molar-refractivity contribution in [2.75, 3.05) is 31.1 Å². The molecule has 0 bridgehead atoms. The monoisotopic (exact) mass is 458 g/mol. The van der Waals surface area contributed by atoms with Crippen molar-refractivity contribution in [1.82, 2.24) is 24.6 Å². The lowest BCUT2D eigenvalue weighted by Crippen LogP contribution is -2.49. The van der Waals surface area contributed by atoms with Crippen LogP contribution >= 0.6 is 0 Å². The number of para-hydroxylation sites is 1. The van der Waals surface area contributed by atoms with Crippen molar-refractivity contribution in [1.29, 1.82) is 0 Å². The van der Waals surface area contributed by atoms with Crippen molar-refractivity contribution in [2.45, 2.75) is 26.2 Å². The first-order chi connectivity index (χ1) is 16.6. The van der Waals surface area contributed by atoms with Crippen molar-refractivity contribution in [3.05, 3.63) is 78.0 Å². The number of hydrogen-bond donors (Lipinski definition) is 0. The van der Waals surface area contributed by atoms with Gasteiger partial charge in [0.1, 0.15) is 17.5 Å². The molecule has 4 aromatic rings. The summed E-state index contributed by atoms with van der Waals surface area (Å²) in [5, 5.41) is 5.53. The Morgan fingerprint density at radius 2 is 1.71 bits per heavy atom. The molecule has 2 aromatic heterocycles. The first-order valence-corrected chi connectivity index (χ1v) is 11.7. The number of carbonyl (C=O) groups excluding carboxylic acids is 1. The number of aryl methyl sites for hydroxylation is 1. The Morgan fingerprint density at radius 1 is 0.971 bits per heavy atom. The molecule has 0 aliphatic carbocycles. The van der Waals surface area contributed by atoms with Crippen molar-refractivity contribution >= 4 is 22.8 Å². The molecule has 1 fully saturated rings. The smallest absolute Gasteiger partial charge is 0.227 e. The second-order valence-corrected chi connectivity index (χ2v) is 8.51. The number of nitrogens with zero attached hydrogens (tertiary/aromatic N) is 6. The number of anilines is 1. The van der Waals surface area contributed by atoms with Crippen LogP contribution in [0.25, 0.3) is 16.7 Å². The first kappa shape index (κ1) is 22.0. The third kappa shape index (κ3) is 4.48. The second kappa shape index (κ2) is 9.59. The van der Waals surface area contributed by atoms with Gasteiger partial charge < -0.3 is 9.80 Å². The Bertz CT molecular complexity index is 1280. The summed E-state index contributed by atoms with van der Waals surface area (Å²) in [6.45, 7) is 4.71. The average molecular weight is 459 g/mol. The molecular weight excluding hydrogens is 431 g/mol. The Hall–Kier alpha value is -3.81. The normalized spacial score (nSPS) is 14.1. The van der Waals surface area contributed by atoms with Crippen LogP contribution in [0.1, 0.15) is 24.7 Å². The zero-order chi connectivity index (χ0) is 23.5. The maximum Gasteiger partial charge on any atom is 0.227 e. The van der Waals surface area contributed by atoms with Gasteiger partial charge in [0.25, 0.3) is 0 Å². The van der Waals surface area contributed by atoms with Crippen LogP contribution < -0.4 is 4.90 Å². The van der Waals surface area contributed by atoms with E-state index in [2.05, 4.69) is 16.9 Å². The predicted molar refractivity (Wildman–Crippen MR) is 130 cm³/mol. The third-order valence-electron chi connectivity index (χ3n) is 6.13. The van der Waals surface area contributed by atoms with Crippen LogP contribution in [0, 0.1) is 5.82 Å². The van der Waals surface area contributed by atoms with Crippen molar-refractivity contribution in [2.24, 2.45) is 0 Å². The van der Waals surface area contributed by atoms with E-state index in [9.17, 15) is 9.18 Å². The van der Waals surface area contributed by atoms with E-state index in [1.54, 1.807) is 12.1 Å². The van der Waals surface area contributed by atoms with Gasteiger partial charge in [0.05, 0.1) is 23.7 Å². The molecule has 0 N–H and O–H groups in total. The zero-order valence-electron chi connectivity index (χ0n) is 19.2. The first-order valence-electron chi connectivity index (χ1n) is 11.7. The van der Waals surface area contributed by atoms with E-state index in [1.807, 2.05) is 46.1 Å². The fourth-order valence-electron chi connectivity index (χ4n) is 4.33. The summed E-state index contributed by atoms with van der Waals surface area (Å²) in [7, 11) is 0. The maximum absolute atomic E-state index is 13.2. The van der Waals surface area contributed by atoms with Crippen LogP contribution in [0.4, 0.5) is 10.2 Å². The molecule has 0 unspecified atom stereocenters. The van der Waals surface area contributed by atoms with E-state index in [0.29, 0.717) is 26.2 Å². The highest BCUT2D eigenvalue weighted by molar-refractivity contribution is 5.88. The molecule has 1 amide bonds. The molecule has 0 spiro atoms. The summed E-state index contributed by atoms with van der Waals surface area (Å²) >= 11 is 0. The largest absolute Gasteiger partial charge is 0.352 e. The van der Waals surface area contributed by atoms with Gasteiger partial charge in [-0.05, 0) is 36.2 Å². The molecule has 8 heteroatoms. The molecule has 1 aliphatic rings. The summed E-state index contributed by atoms with van der Waals surface area (Å²) < 4.78 is 15.0.